The van der Waals surface area contributed by atoms with Crippen molar-refractivity contribution in [3.05, 3.63) is 23.8 Å². The number of carbonyl (C=O) groups excluding carboxylic acids is 1. The maximum absolute atomic E-state index is 14.4. The van der Waals surface area contributed by atoms with Gasteiger partial charge in [-0.2, -0.15) is 0 Å². The molecule has 2 heterocycles. The molecule has 1 aromatic heterocycles. The smallest absolute Gasteiger partial charge is 0.235 e. The normalized spacial score (nSPS) is 32.0. The summed E-state index contributed by atoms with van der Waals surface area (Å²) in [6, 6.07) is 2.18. The van der Waals surface area contributed by atoms with Gasteiger partial charge in [-0.3, -0.25) is 14.6 Å². The van der Waals surface area contributed by atoms with Crippen molar-refractivity contribution < 1.29 is 18.3 Å². The molecule has 1 amide bonds. The van der Waals surface area contributed by atoms with Crippen LogP contribution in [0.4, 0.5) is 13.9 Å². The number of rotatable bonds is 5. The maximum atomic E-state index is 14.4. The van der Waals surface area contributed by atoms with E-state index < -0.39 is 11.6 Å². The molecule has 5 nitrogen and oxygen atoms in total. The standard InChI is InChI=1S/C24H29F2N3O2S/c25-18-10-19(26)21-20(11-18)32-23(27-21)29(2-1-28-3-5-31-6-4-28)22(30)24-12-15-7-16(13-24)9-17(8-15)14-24/h10-11,15-17H,1-9,12-14H2. The number of hydrogen-bond donors (Lipinski definition) is 0. The summed E-state index contributed by atoms with van der Waals surface area (Å²) in [5, 5.41) is 0.499. The van der Waals surface area contributed by atoms with Crippen LogP contribution in [0.1, 0.15) is 38.5 Å². The fourth-order valence-corrected chi connectivity index (χ4v) is 8.10. The van der Waals surface area contributed by atoms with Crippen molar-refractivity contribution in [2.75, 3.05) is 44.3 Å². The Morgan fingerprint density at radius 3 is 2.44 bits per heavy atom. The number of morpholine rings is 1. The van der Waals surface area contributed by atoms with Gasteiger partial charge < -0.3 is 4.74 Å². The van der Waals surface area contributed by atoms with E-state index in [9.17, 15) is 13.6 Å². The summed E-state index contributed by atoms with van der Waals surface area (Å²) >= 11 is 1.22. The lowest BCUT2D eigenvalue weighted by atomic mass is 9.49. The van der Waals surface area contributed by atoms with Crippen molar-refractivity contribution in [2.24, 2.45) is 23.2 Å². The lowest BCUT2D eigenvalue weighted by molar-refractivity contribution is -0.143. The highest BCUT2D eigenvalue weighted by atomic mass is 32.1. The molecule has 1 aromatic carbocycles. The fraction of sp³-hybridized carbons (Fsp3) is 0.667. The Bertz CT molecular complexity index is 1000. The minimum atomic E-state index is -0.669. The van der Waals surface area contributed by atoms with Crippen LogP contribution in [0.2, 0.25) is 0 Å². The average molecular weight is 462 g/mol. The van der Waals surface area contributed by atoms with Gasteiger partial charge in [-0.15, -0.1) is 0 Å². The zero-order valence-electron chi connectivity index (χ0n) is 18.2. The van der Waals surface area contributed by atoms with Crippen LogP contribution in [0, 0.1) is 34.8 Å². The van der Waals surface area contributed by atoms with Crippen LogP contribution in [0.15, 0.2) is 12.1 Å². The van der Waals surface area contributed by atoms with E-state index in [0.29, 0.717) is 47.3 Å². The van der Waals surface area contributed by atoms with Gasteiger partial charge in [0.25, 0.3) is 0 Å². The third-order valence-electron chi connectivity index (χ3n) is 8.11. The number of aromatic nitrogens is 1. The number of hydrogen-bond acceptors (Lipinski definition) is 5. The van der Waals surface area contributed by atoms with Crippen molar-refractivity contribution in [2.45, 2.75) is 38.5 Å². The van der Waals surface area contributed by atoms with Gasteiger partial charge in [0.05, 0.1) is 23.3 Å². The summed E-state index contributed by atoms with van der Waals surface area (Å²) in [6.07, 6.45) is 6.73. The highest BCUT2D eigenvalue weighted by molar-refractivity contribution is 7.22. The van der Waals surface area contributed by atoms with Crippen LogP contribution in [0.3, 0.4) is 0 Å². The van der Waals surface area contributed by atoms with Crippen LogP contribution in [-0.4, -0.2) is 55.2 Å². The minimum absolute atomic E-state index is 0.154. The predicted molar refractivity (Wildman–Crippen MR) is 120 cm³/mol. The highest BCUT2D eigenvalue weighted by Gasteiger charge is 2.56. The molecule has 5 fully saturated rings. The van der Waals surface area contributed by atoms with Crippen molar-refractivity contribution >= 4 is 32.6 Å². The number of anilines is 1. The average Bonchev–Trinajstić information content (AvgIpc) is 3.17. The van der Waals surface area contributed by atoms with Gasteiger partial charge in [0.15, 0.2) is 10.9 Å². The van der Waals surface area contributed by atoms with Gasteiger partial charge in [-0.1, -0.05) is 11.3 Å². The SMILES string of the molecule is O=C(N(CCN1CCOCC1)c1nc2c(F)cc(F)cc2s1)C12CC3CC(CC(C3)C1)C2. The molecule has 4 bridgehead atoms. The largest absolute Gasteiger partial charge is 0.379 e. The Labute approximate surface area is 190 Å². The second-order valence-corrected chi connectivity index (χ2v) is 11.3. The molecular formula is C24H29F2N3O2S. The molecule has 0 radical (unpaired) electrons. The van der Waals surface area contributed by atoms with E-state index in [1.165, 1.54) is 36.7 Å². The number of ether oxygens (including phenoxy) is 1. The van der Waals surface area contributed by atoms with E-state index >= 15 is 0 Å². The molecule has 32 heavy (non-hydrogen) atoms. The van der Waals surface area contributed by atoms with Gasteiger partial charge in [0, 0.05) is 32.2 Å². The van der Waals surface area contributed by atoms with Crippen LogP contribution in [0.5, 0.6) is 0 Å². The van der Waals surface area contributed by atoms with E-state index in [4.69, 9.17) is 4.74 Å². The first-order chi connectivity index (χ1) is 15.5. The molecule has 5 aliphatic rings. The van der Waals surface area contributed by atoms with Crippen molar-refractivity contribution in [3.63, 3.8) is 0 Å². The van der Waals surface area contributed by atoms with Crippen LogP contribution < -0.4 is 4.90 Å². The highest BCUT2D eigenvalue weighted by Crippen LogP contribution is 2.60. The van der Waals surface area contributed by atoms with E-state index in [1.807, 2.05) is 4.90 Å². The first kappa shape index (κ1) is 20.9. The van der Waals surface area contributed by atoms with Gasteiger partial charge in [-0.25, -0.2) is 13.8 Å². The number of halogens is 2. The third kappa shape index (κ3) is 3.64. The molecular weight excluding hydrogens is 432 g/mol. The first-order valence-corrected chi connectivity index (χ1v) is 12.7. The molecule has 1 aliphatic heterocycles. The molecule has 0 unspecified atom stereocenters. The van der Waals surface area contributed by atoms with Gasteiger partial charge in [0.2, 0.25) is 5.91 Å². The summed E-state index contributed by atoms with van der Waals surface area (Å²) in [5.74, 6) is 0.856. The Kier molecular flexibility index (Phi) is 5.23. The Morgan fingerprint density at radius 1 is 1.12 bits per heavy atom. The Hall–Kier alpha value is -1.64. The van der Waals surface area contributed by atoms with E-state index in [1.54, 1.807) is 0 Å². The van der Waals surface area contributed by atoms with E-state index in [-0.39, 0.29) is 16.8 Å². The van der Waals surface area contributed by atoms with E-state index in [2.05, 4.69) is 9.88 Å². The third-order valence-corrected chi connectivity index (χ3v) is 9.14. The summed E-state index contributed by atoms with van der Waals surface area (Å²) in [6.45, 7) is 4.35. The molecule has 2 aromatic rings. The number of thiazole rings is 1. The summed E-state index contributed by atoms with van der Waals surface area (Å²) < 4.78 is 34.1. The Morgan fingerprint density at radius 2 is 1.78 bits per heavy atom. The topological polar surface area (TPSA) is 45.7 Å². The summed E-state index contributed by atoms with van der Waals surface area (Å²) in [5.41, 5.74) is -0.150. The monoisotopic (exact) mass is 461 g/mol. The number of fused-ring (bicyclic) bond motifs is 1. The van der Waals surface area contributed by atoms with Crippen LogP contribution in [0.25, 0.3) is 10.2 Å². The molecule has 0 atom stereocenters. The minimum Gasteiger partial charge on any atom is -0.379 e. The lowest BCUT2D eigenvalue weighted by Gasteiger charge is -2.56. The van der Waals surface area contributed by atoms with Crippen molar-refractivity contribution in [1.82, 2.24) is 9.88 Å². The van der Waals surface area contributed by atoms with Crippen molar-refractivity contribution in [1.29, 1.82) is 0 Å². The lowest BCUT2D eigenvalue weighted by Crippen LogP contribution is -2.56. The molecule has 0 N–H and O–H groups in total. The molecule has 8 heteroatoms. The second-order valence-electron chi connectivity index (χ2n) is 10.3. The number of carbonyl (C=O) groups is 1. The second kappa shape index (κ2) is 7.99. The Balaban J connectivity index is 1.33. The molecule has 0 spiro atoms. The molecule has 4 aliphatic carbocycles. The van der Waals surface area contributed by atoms with Gasteiger partial charge in [0.1, 0.15) is 11.3 Å². The zero-order chi connectivity index (χ0) is 21.9. The molecule has 4 saturated carbocycles. The van der Waals surface area contributed by atoms with Crippen molar-refractivity contribution in [3.8, 4) is 0 Å². The molecule has 1 saturated heterocycles. The summed E-state index contributed by atoms with van der Waals surface area (Å²) in [4.78, 5) is 22.8. The quantitative estimate of drug-likeness (QED) is 0.660. The first-order valence-electron chi connectivity index (χ1n) is 11.9. The van der Waals surface area contributed by atoms with Gasteiger partial charge in [-0.05, 0) is 62.3 Å². The number of benzene rings is 1. The molecule has 172 valence electrons. The van der Waals surface area contributed by atoms with Crippen LogP contribution in [-0.2, 0) is 9.53 Å². The van der Waals surface area contributed by atoms with Gasteiger partial charge >= 0.3 is 0 Å². The molecule has 7 rings (SSSR count). The maximum Gasteiger partial charge on any atom is 0.235 e. The predicted octanol–water partition coefficient (Wildman–Crippen LogP) is 4.46. The van der Waals surface area contributed by atoms with E-state index in [0.717, 1.165) is 45.0 Å². The zero-order valence-corrected chi connectivity index (χ0v) is 19.0. The summed E-state index contributed by atoms with van der Waals surface area (Å²) in [7, 11) is 0. The number of amides is 1. The van der Waals surface area contributed by atoms with Crippen LogP contribution >= 0.6 is 11.3 Å². The number of nitrogens with zero attached hydrogens (tertiary/aromatic N) is 3. The fourth-order valence-electron chi connectivity index (χ4n) is 7.07.